The Balaban J connectivity index is 3.45. The van der Waals surface area contributed by atoms with E-state index in [2.05, 4.69) is 10.2 Å². The van der Waals surface area contributed by atoms with Gasteiger partial charge in [0.15, 0.2) is 0 Å². The first-order valence-electron chi connectivity index (χ1n) is 2.98. The van der Waals surface area contributed by atoms with Gasteiger partial charge in [0.05, 0.1) is 6.54 Å². The van der Waals surface area contributed by atoms with Gasteiger partial charge >= 0.3 is 0 Å². The molecule has 0 aromatic heterocycles. The summed E-state index contributed by atoms with van der Waals surface area (Å²) in [5.74, 6) is 0. The van der Waals surface area contributed by atoms with Crippen molar-refractivity contribution in [2.24, 2.45) is 15.9 Å². The summed E-state index contributed by atoms with van der Waals surface area (Å²) in [6.45, 7) is 2.50. The average Bonchev–Trinajstić information content (AvgIpc) is 1.98. The molecule has 0 saturated carbocycles. The fraction of sp³-hybridized carbons (Fsp3) is 0.500. The van der Waals surface area contributed by atoms with Crippen LogP contribution in [0.3, 0.4) is 0 Å². The van der Waals surface area contributed by atoms with Crippen LogP contribution in [0.4, 0.5) is 0 Å². The molecule has 4 nitrogen and oxygen atoms in total. The minimum atomic E-state index is 0.231. The van der Waals surface area contributed by atoms with Gasteiger partial charge in [-0.25, -0.2) is 0 Å². The second-order valence-electron chi connectivity index (χ2n) is 1.80. The summed E-state index contributed by atoms with van der Waals surface area (Å²) in [6.07, 6.45) is 3.07. The van der Waals surface area contributed by atoms with Crippen molar-refractivity contribution in [3.05, 3.63) is 16.7 Å². The van der Waals surface area contributed by atoms with Crippen molar-refractivity contribution < 1.29 is 0 Å². The van der Waals surface area contributed by atoms with E-state index >= 15 is 0 Å². The van der Waals surface area contributed by atoms with E-state index in [0.29, 0.717) is 6.54 Å². The smallest absolute Gasteiger partial charge is 0.101 e. The molecule has 0 aliphatic heterocycles. The summed E-state index contributed by atoms with van der Waals surface area (Å²) in [6, 6.07) is 0. The molecule has 0 radical (unpaired) electrons. The van der Waals surface area contributed by atoms with Crippen molar-refractivity contribution in [3.8, 4) is 0 Å². The lowest BCUT2D eigenvalue weighted by atomic mass is 10.4. The molecule has 0 aromatic carbocycles. The quantitative estimate of drug-likeness (QED) is 0.355. The number of aliphatic imine (C=N–C) groups is 1. The zero-order valence-electron chi connectivity index (χ0n) is 5.95. The molecule has 0 bridgehead atoms. The van der Waals surface area contributed by atoms with Gasteiger partial charge < -0.3 is 5.73 Å². The highest BCUT2D eigenvalue weighted by atomic mass is 16.3. The Morgan fingerprint density at radius 2 is 2.30 bits per heavy atom. The summed E-state index contributed by atoms with van der Waals surface area (Å²) in [5.41, 5.74) is 6.03. The van der Waals surface area contributed by atoms with E-state index in [1.165, 1.54) is 6.20 Å². The van der Waals surface area contributed by atoms with E-state index < -0.39 is 0 Å². The normalized spacial score (nSPS) is 12.3. The standard InChI is InChI=1S/C6H11N3O/c1-6(4-7)5-8-2-3-9-10/h4-5H,2-3,7H2,1H3. The number of nitroso groups, excluding NO2 is 1. The second-order valence-corrected chi connectivity index (χ2v) is 1.80. The van der Waals surface area contributed by atoms with Crippen molar-refractivity contribution in [2.75, 3.05) is 13.1 Å². The second kappa shape index (κ2) is 5.94. The van der Waals surface area contributed by atoms with Gasteiger partial charge in [-0.15, -0.1) is 0 Å². The number of hydrogen-bond acceptors (Lipinski definition) is 4. The minimum absolute atomic E-state index is 0.231. The lowest BCUT2D eigenvalue weighted by Crippen LogP contribution is -1.89. The van der Waals surface area contributed by atoms with Crippen LogP contribution < -0.4 is 5.73 Å². The van der Waals surface area contributed by atoms with Crippen molar-refractivity contribution >= 4 is 6.21 Å². The predicted molar refractivity (Wildman–Crippen MR) is 42.0 cm³/mol. The summed E-state index contributed by atoms with van der Waals surface area (Å²) >= 11 is 0. The molecule has 0 spiro atoms. The maximum absolute atomic E-state index is 9.56. The molecule has 0 aromatic rings. The van der Waals surface area contributed by atoms with E-state index in [1.807, 2.05) is 6.92 Å². The summed E-state index contributed by atoms with van der Waals surface area (Å²) in [7, 11) is 0. The minimum Gasteiger partial charge on any atom is -0.404 e. The van der Waals surface area contributed by atoms with E-state index in [-0.39, 0.29) is 6.54 Å². The number of allylic oxidation sites excluding steroid dienone is 1. The topological polar surface area (TPSA) is 67.8 Å². The summed E-state index contributed by atoms with van der Waals surface area (Å²) in [5, 5.41) is 2.64. The molecule has 0 fully saturated rings. The van der Waals surface area contributed by atoms with Gasteiger partial charge in [-0.05, 0) is 18.7 Å². The molecule has 10 heavy (non-hydrogen) atoms. The average molecular weight is 141 g/mol. The first kappa shape index (κ1) is 8.81. The number of rotatable bonds is 4. The van der Waals surface area contributed by atoms with Crippen LogP contribution in [-0.2, 0) is 0 Å². The molecular weight excluding hydrogens is 130 g/mol. The molecule has 56 valence electrons. The van der Waals surface area contributed by atoms with Crippen LogP contribution in [0.2, 0.25) is 0 Å². The Morgan fingerprint density at radius 1 is 1.60 bits per heavy atom. The predicted octanol–water partition coefficient (Wildman–Crippen LogP) is 0.686. The van der Waals surface area contributed by atoms with Crippen LogP contribution in [0, 0.1) is 4.91 Å². The summed E-state index contributed by atoms with van der Waals surface area (Å²) < 4.78 is 0. The van der Waals surface area contributed by atoms with Crippen molar-refractivity contribution in [1.82, 2.24) is 0 Å². The van der Waals surface area contributed by atoms with Crippen LogP contribution in [0.25, 0.3) is 0 Å². The zero-order valence-corrected chi connectivity index (χ0v) is 5.95. The van der Waals surface area contributed by atoms with Crippen molar-refractivity contribution in [3.63, 3.8) is 0 Å². The molecule has 0 saturated heterocycles. The summed E-state index contributed by atoms with van der Waals surface area (Å²) in [4.78, 5) is 13.4. The first-order chi connectivity index (χ1) is 4.81. The third-order valence-corrected chi connectivity index (χ3v) is 0.878. The molecule has 0 atom stereocenters. The van der Waals surface area contributed by atoms with Gasteiger partial charge in [-0.2, -0.15) is 4.91 Å². The van der Waals surface area contributed by atoms with Crippen LogP contribution in [0.1, 0.15) is 6.92 Å². The van der Waals surface area contributed by atoms with E-state index in [4.69, 9.17) is 5.73 Å². The molecule has 0 heterocycles. The maximum Gasteiger partial charge on any atom is 0.101 e. The zero-order chi connectivity index (χ0) is 7.82. The third-order valence-electron chi connectivity index (χ3n) is 0.878. The van der Waals surface area contributed by atoms with Gasteiger partial charge in [-0.3, -0.25) is 4.99 Å². The van der Waals surface area contributed by atoms with E-state index in [0.717, 1.165) is 5.57 Å². The van der Waals surface area contributed by atoms with Gasteiger partial charge in [0.25, 0.3) is 0 Å². The fourth-order valence-corrected chi connectivity index (χ4v) is 0.350. The lowest BCUT2D eigenvalue weighted by molar-refractivity contribution is 0.972. The van der Waals surface area contributed by atoms with E-state index in [9.17, 15) is 4.91 Å². The van der Waals surface area contributed by atoms with Gasteiger partial charge in [0.1, 0.15) is 6.54 Å². The Morgan fingerprint density at radius 3 is 2.80 bits per heavy atom. The Hall–Kier alpha value is -1.19. The third kappa shape index (κ3) is 4.96. The molecule has 0 rings (SSSR count). The highest BCUT2D eigenvalue weighted by Crippen LogP contribution is 1.82. The van der Waals surface area contributed by atoms with Gasteiger partial charge in [0, 0.05) is 6.21 Å². The lowest BCUT2D eigenvalue weighted by Gasteiger charge is -1.86. The van der Waals surface area contributed by atoms with E-state index in [1.54, 1.807) is 6.21 Å². The van der Waals surface area contributed by atoms with Crippen molar-refractivity contribution in [1.29, 1.82) is 0 Å². The molecule has 0 aliphatic rings. The molecule has 0 amide bonds. The first-order valence-corrected chi connectivity index (χ1v) is 2.98. The SMILES string of the molecule is CC(C=NCCN=O)=CN. The van der Waals surface area contributed by atoms with Crippen LogP contribution in [-0.4, -0.2) is 19.3 Å². The molecule has 0 unspecified atom stereocenters. The highest BCUT2D eigenvalue weighted by Gasteiger charge is 1.79. The Kier molecular flexibility index (Phi) is 5.23. The Bertz CT molecular complexity index is 151. The molecule has 4 heteroatoms. The fourth-order valence-electron chi connectivity index (χ4n) is 0.350. The van der Waals surface area contributed by atoms with Gasteiger partial charge in [0.2, 0.25) is 0 Å². The van der Waals surface area contributed by atoms with Crippen LogP contribution in [0.15, 0.2) is 21.9 Å². The molecule has 0 aliphatic carbocycles. The maximum atomic E-state index is 9.56. The molecular formula is C6H11N3O. The monoisotopic (exact) mass is 141 g/mol. The number of hydrogen-bond donors (Lipinski definition) is 1. The number of nitrogens with two attached hydrogens (primary N) is 1. The number of nitrogens with zero attached hydrogens (tertiary/aromatic N) is 2. The largest absolute Gasteiger partial charge is 0.404 e. The van der Waals surface area contributed by atoms with Crippen LogP contribution >= 0.6 is 0 Å². The van der Waals surface area contributed by atoms with Gasteiger partial charge in [-0.1, -0.05) is 5.18 Å². The van der Waals surface area contributed by atoms with Crippen molar-refractivity contribution in [2.45, 2.75) is 6.92 Å². The highest BCUT2D eigenvalue weighted by molar-refractivity contribution is 5.77. The van der Waals surface area contributed by atoms with Crippen LogP contribution in [0.5, 0.6) is 0 Å². The molecule has 2 N–H and O–H groups in total. The Labute approximate surface area is 59.8 Å².